The average molecular weight is 305 g/mol. The maximum Gasteiger partial charge on any atom is 0.248 e. The van der Waals surface area contributed by atoms with Gasteiger partial charge >= 0.3 is 0 Å². The molecule has 2 rings (SSSR count). The van der Waals surface area contributed by atoms with E-state index in [0.29, 0.717) is 22.0 Å². The van der Waals surface area contributed by atoms with Gasteiger partial charge in [0.15, 0.2) is 0 Å². The number of carbonyl (C=O) groups excluding carboxylic acids is 1. The third kappa shape index (κ3) is 3.47. The summed E-state index contributed by atoms with van der Waals surface area (Å²) < 4.78 is 5.30. The van der Waals surface area contributed by atoms with Gasteiger partial charge in [0.1, 0.15) is 5.75 Å². The quantitative estimate of drug-likeness (QED) is 0.886. The summed E-state index contributed by atoms with van der Waals surface area (Å²) in [6, 6.07) is 12.6. The second-order valence-electron chi connectivity index (χ2n) is 4.67. The average Bonchev–Trinajstić information content (AvgIpc) is 2.47. The van der Waals surface area contributed by atoms with E-state index in [1.807, 2.05) is 31.2 Å². The Balaban J connectivity index is 2.31. The van der Waals surface area contributed by atoms with Gasteiger partial charge in [-0.3, -0.25) is 4.79 Å². The molecule has 110 valence electrons. The van der Waals surface area contributed by atoms with Gasteiger partial charge in [-0.15, -0.1) is 0 Å². The van der Waals surface area contributed by atoms with Crippen LogP contribution in [0, 0.1) is 0 Å². The fourth-order valence-corrected chi connectivity index (χ4v) is 2.41. The molecule has 0 saturated heterocycles. The predicted molar refractivity (Wildman–Crippen MR) is 85.0 cm³/mol. The summed E-state index contributed by atoms with van der Waals surface area (Å²) in [5.74, 6) is 0.157. The number of nitrogens with two attached hydrogens (primary N) is 1. The van der Waals surface area contributed by atoms with Gasteiger partial charge in [-0.25, -0.2) is 0 Å². The molecule has 21 heavy (non-hydrogen) atoms. The minimum absolute atomic E-state index is 0.0456. The van der Waals surface area contributed by atoms with Crippen molar-refractivity contribution in [3.63, 3.8) is 0 Å². The molecule has 1 unspecified atom stereocenters. The number of primary amides is 1. The van der Waals surface area contributed by atoms with Crippen molar-refractivity contribution in [3.05, 3.63) is 58.6 Å². The molecule has 0 radical (unpaired) electrons. The molecule has 0 saturated carbocycles. The molecular weight excluding hydrogens is 288 g/mol. The van der Waals surface area contributed by atoms with Crippen LogP contribution in [0.3, 0.4) is 0 Å². The molecule has 2 aromatic rings. The number of halogens is 1. The van der Waals surface area contributed by atoms with Gasteiger partial charge < -0.3 is 15.8 Å². The summed E-state index contributed by atoms with van der Waals surface area (Å²) >= 11 is 6.20. The van der Waals surface area contributed by atoms with E-state index in [-0.39, 0.29) is 6.04 Å². The zero-order valence-electron chi connectivity index (χ0n) is 11.9. The maximum atomic E-state index is 11.3. The van der Waals surface area contributed by atoms with Crippen LogP contribution in [0.25, 0.3) is 0 Å². The van der Waals surface area contributed by atoms with Gasteiger partial charge in [0.05, 0.1) is 18.8 Å². The molecule has 5 heteroatoms. The molecule has 0 aliphatic rings. The van der Waals surface area contributed by atoms with E-state index in [4.69, 9.17) is 22.1 Å². The van der Waals surface area contributed by atoms with Crippen molar-refractivity contribution in [2.75, 3.05) is 12.4 Å². The number of benzene rings is 2. The Bertz CT molecular complexity index is 658. The molecular formula is C16H17ClN2O2. The predicted octanol–water partition coefficient (Wildman–Crippen LogP) is 3.62. The smallest absolute Gasteiger partial charge is 0.248 e. The first-order chi connectivity index (χ1) is 10.0. The molecule has 3 N–H and O–H groups in total. The lowest BCUT2D eigenvalue weighted by Gasteiger charge is -2.19. The maximum absolute atomic E-state index is 11.3. The number of amides is 1. The van der Waals surface area contributed by atoms with Gasteiger partial charge in [-0.1, -0.05) is 29.8 Å². The SMILES string of the molecule is COc1ccc(C(N)=O)cc1NC(C)c1ccccc1Cl. The number of hydrogen-bond donors (Lipinski definition) is 2. The Hall–Kier alpha value is -2.20. The highest BCUT2D eigenvalue weighted by Crippen LogP contribution is 2.31. The van der Waals surface area contributed by atoms with Gasteiger partial charge in [-0.05, 0) is 36.8 Å². The molecule has 0 bridgehead atoms. The third-order valence-corrected chi connectivity index (χ3v) is 3.57. The number of carbonyl (C=O) groups is 1. The Kier molecular flexibility index (Phi) is 4.70. The van der Waals surface area contributed by atoms with Crippen molar-refractivity contribution >= 4 is 23.2 Å². The summed E-state index contributed by atoms with van der Waals surface area (Å²) in [6.07, 6.45) is 0. The van der Waals surface area contributed by atoms with E-state index in [2.05, 4.69) is 5.32 Å². The van der Waals surface area contributed by atoms with Gasteiger partial charge in [0, 0.05) is 10.6 Å². The number of ether oxygens (including phenoxy) is 1. The van der Waals surface area contributed by atoms with Crippen molar-refractivity contribution in [3.8, 4) is 5.75 Å². The van der Waals surface area contributed by atoms with Crippen molar-refractivity contribution in [2.45, 2.75) is 13.0 Å². The zero-order valence-corrected chi connectivity index (χ0v) is 12.6. The molecule has 0 aliphatic heterocycles. The fourth-order valence-electron chi connectivity index (χ4n) is 2.11. The minimum Gasteiger partial charge on any atom is -0.495 e. The highest BCUT2D eigenvalue weighted by molar-refractivity contribution is 6.31. The number of methoxy groups -OCH3 is 1. The summed E-state index contributed by atoms with van der Waals surface area (Å²) in [5.41, 5.74) is 7.39. The van der Waals surface area contributed by atoms with Gasteiger partial charge in [-0.2, -0.15) is 0 Å². The zero-order chi connectivity index (χ0) is 15.4. The summed E-state index contributed by atoms with van der Waals surface area (Å²) in [4.78, 5) is 11.3. The summed E-state index contributed by atoms with van der Waals surface area (Å²) in [7, 11) is 1.57. The first-order valence-electron chi connectivity index (χ1n) is 6.51. The molecule has 0 heterocycles. The summed E-state index contributed by atoms with van der Waals surface area (Å²) in [6.45, 7) is 1.98. The molecule has 1 atom stereocenters. The van der Waals surface area contributed by atoms with Crippen LogP contribution >= 0.6 is 11.6 Å². The van der Waals surface area contributed by atoms with E-state index in [1.54, 1.807) is 25.3 Å². The van der Waals surface area contributed by atoms with Crippen molar-refractivity contribution < 1.29 is 9.53 Å². The Labute approximate surface area is 128 Å². The molecule has 2 aromatic carbocycles. The third-order valence-electron chi connectivity index (χ3n) is 3.23. The molecule has 0 spiro atoms. The van der Waals surface area contributed by atoms with Crippen LogP contribution < -0.4 is 15.8 Å². The van der Waals surface area contributed by atoms with Crippen LogP contribution in [0.1, 0.15) is 28.9 Å². The highest BCUT2D eigenvalue weighted by Gasteiger charge is 2.13. The van der Waals surface area contributed by atoms with Crippen LogP contribution in [0.2, 0.25) is 5.02 Å². The van der Waals surface area contributed by atoms with Crippen LogP contribution in [-0.2, 0) is 0 Å². The standard InChI is InChI=1S/C16H17ClN2O2/c1-10(12-5-3-4-6-13(12)17)19-14-9-11(16(18)20)7-8-15(14)21-2/h3-10,19H,1-2H3,(H2,18,20). The minimum atomic E-state index is -0.480. The molecule has 1 amide bonds. The normalized spacial score (nSPS) is 11.8. The van der Waals surface area contributed by atoms with Gasteiger partial charge in [0.2, 0.25) is 5.91 Å². The molecule has 0 fully saturated rings. The lowest BCUT2D eigenvalue weighted by atomic mass is 10.1. The lowest BCUT2D eigenvalue weighted by Crippen LogP contribution is -2.13. The number of rotatable bonds is 5. The first kappa shape index (κ1) is 15.2. The number of hydrogen-bond acceptors (Lipinski definition) is 3. The topological polar surface area (TPSA) is 64.3 Å². The van der Waals surface area contributed by atoms with E-state index >= 15 is 0 Å². The highest BCUT2D eigenvalue weighted by atomic mass is 35.5. The van der Waals surface area contributed by atoms with E-state index in [1.165, 1.54) is 0 Å². The Morgan fingerprint density at radius 3 is 2.62 bits per heavy atom. The van der Waals surface area contributed by atoms with Crippen LogP contribution in [0.5, 0.6) is 5.75 Å². The van der Waals surface area contributed by atoms with Crippen LogP contribution in [0.4, 0.5) is 5.69 Å². The van der Waals surface area contributed by atoms with Crippen molar-refractivity contribution in [1.29, 1.82) is 0 Å². The van der Waals surface area contributed by atoms with Crippen molar-refractivity contribution in [2.24, 2.45) is 5.73 Å². The first-order valence-corrected chi connectivity index (χ1v) is 6.89. The number of anilines is 1. The van der Waals surface area contributed by atoms with Crippen LogP contribution in [-0.4, -0.2) is 13.0 Å². The molecule has 4 nitrogen and oxygen atoms in total. The second-order valence-corrected chi connectivity index (χ2v) is 5.07. The molecule has 0 aromatic heterocycles. The van der Waals surface area contributed by atoms with Crippen LogP contribution in [0.15, 0.2) is 42.5 Å². The largest absolute Gasteiger partial charge is 0.495 e. The fraction of sp³-hybridized carbons (Fsp3) is 0.188. The summed E-state index contributed by atoms with van der Waals surface area (Å²) in [5, 5.41) is 3.98. The lowest BCUT2D eigenvalue weighted by molar-refractivity contribution is 0.100. The second kappa shape index (κ2) is 6.50. The van der Waals surface area contributed by atoms with E-state index in [0.717, 1.165) is 5.56 Å². The van der Waals surface area contributed by atoms with E-state index in [9.17, 15) is 4.79 Å². The Morgan fingerprint density at radius 2 is 2.00 bits per heavy atom. The molecule has 0 aliphatic carbocycles. The number of nitrogens with one attached hydrogen (secondary N) is 1. The Morgan fingerprint density at radius 1 is 1.29 bits per heavy atom. The van der Waals surface area contributed by atoms with E-state index < -0.39 is 5.91 Å². The van der Waals surface area contributed by atoms with Crippen molar-refractivity contribution in [1.82, 2.24) is 0 Å². The monoisotopic (exact) mass is 304 g/mol. The van der Waals surface area contributed by atoms with Gasteiger partial charge in [0.25, 0.3) is 0 Å².